The molecule has 0 aliphatic heterocycles. The second kappa shape index (κ2) is 8.25. The molecule has 0 radical (unpaired) electrons. The molecule has 138 valence electrons. The molecule has 0 spiro atoms. The van der Waals surface area contributed by atoms with Crippen LogP contribution in [0.1, 0.15) is 39.5 Å². The molecule has 9 heteroatoms. The maximum Gasteiger partial charge on any atom is 0.235 e. The van der Waals surface area contributed by atoms with E-state index in [0.29, 0.717) is 22.1 Å². The van der Waals surface area contributed by atoms with Crippen LogP contribution in [0.3, 0.4) is 0 Å². The smallest absolute Gasteiger partial charge is 0.235 e. The number of hydrogen-bond donors (Lipinski definition) is 2. The predicted molar refractivity (Wildman–Crippen MR) is 109 cm³/mol. The minimum Gasteiger partial charge on any atom is -0.316 e. The van der Waals surface area contributed by atoms with E-state index in [-0.39, 0.29) is 11.7 Å². The highest BCUT2D eigenvalue weighted by Crippen LogP contribution is 2.37. The second-order valence-electron chi connectivity index (χ2n) is 6.18. The fourth-order valence-electron chi connectivity index (χ4n) is 3.06. The van der Waals surface area contributed by atoms with Gasteiger partial charge in [0.1, 0.15) is 16.9 Å². The topological polar surface area (TPSA) is 94.5 Å². The molecule has 0 aromatic carbocycles. The van der Waals surface area contributed by atoms with E-state index in [1.807, 2.05) is 11.4 Å². The number of amides is 1. The zero-order chi connectivity index (χ0) is 18.6. The average molecular weight is 416 g/mol. The summed E-state index contributed by atoms with van der Waals surface area (Å²) in [6.07, 6.45) is 4.91. The molecule has 0 unspecified atom stereocenters. The van der Waals surface area contributed by atoms with Crippen molar-refractivity contribution in [2.24, 2.45) is 0 Å². The van der Waals surface area contributed by atoms with Crippen molar-refractivity contribution in [1.82, 2.24) is 15.2 Å². The van der Waals surface area contributed by atoms with Gasteiger partial charge in [-0.15, -0.1) is 27.8 Å². The molecule has 0 saturated carbocycles. The third kappa shape index (κ3) is 4.24. The molecule has 1 aliphatic carbocycles. The maximum absolute atomic E-state index is 12.3. The van der Waals surface area contributed by atoms with Gasteiger partial charge in [0.15, 0.2) is 0 Å². The molecule has 1 aliphatic rings. The average Bonchev–Trinajstić information content (AvgIpc) is 3.40. The van der Waals surface area contributed by atoms with Gasteiger partial charge in [0.2, 0.25) is 11.1 Å². The molecule has 1 amide bonds. The molecule has 0 atom stereocenters. The van der Waals surface area contributed by atoms with E-state index in [1.165, 1.54) is 21.5 Å². The van der Waals surface area contributed by atoms with Gasteiger partial charge in [-0.2, -0.15) is 5.26 Å². The third-order valence-electron chi connectivity index (χ3n) is 4.30. The molecule has 3 aromatic heterocycles. The van der Waals surface area contributed by atoms with Gasteiger partial charge in [-0.05, 0) is 42.7 Å². The Morgan fingerprint density at radius 1 is 1.41 bits per heavy atom. The summed E-state index contributed by atoms with van der Waals surface area (Å²) >= 11 is 4.51. The van der Waals surface area contributed by atoms with Gasteiger partial charge < -0.3 is 5.32 Å². The van der Waals surface area contributed by atoms with Crippen LogP contribution in [-0.4, -0.2) is 26.8 Å². The number of aromatic nitrogens is 3. The highest BCUT2D eigenvalue weighted by atomic mass is 32.2. The Hall–Kier alpha value is -2.15. The Bertz CT molecular complexity index is 983. The zero-order valence-corrected chi connectivity index (χ0v) is 16.9. The van der Waals surface area contributed by atoms with E-state index >= 15 is 0 Å². The van der Waals surface area contributed by atoms with Gasteiger partial charge in [0.05, 0.1) is 11.3 Å². The first-order chi connectivity index (χ1) is 13.2. The normalized spacial score (nSPS) is 13.1. The number of aryl methyl sites for hydroxylation is 1. The second-order valence-corrected chi connectivity index (χ2v) is 9.26. The molecule has 4 rings (SSSR count). The van der Waals surface area contributed by atoms with Crippen LogP contribution in [-0.2, 0) is 24.1 Å². The summed E-state index contributed by atoms with van der Waals surface area (Å²) in [5.74, 6) is 0.863. The van der Waals surface area contributed by atoms with Crippen LogP contribution in [0, 0.1) is 11.3 Å². The summed E-state index contributed by atoms with van der Waals surface area (Å²) in [7, 11) is 0. The quantitative estimate of drug-likeness (QED) is 0.594. The molecule has 27 heavy (non-hydrogen) atoms. The number of nitrogens with one attached hydrogen (secondary N) is 2. The summed E-state index contributed by atoms with van der Waals surface area (Å²) in [5, 5.41) is 22.7. The van der Waals surface area contributed by atoms with Gasteiger partial charge in [-0.1, -0.05) is 17.8 Å². The van der Waals surface area contributed by atoms with E-state index in [4.69, 9.17) is 0 Å². The van der Waals surface area contributed by atoms with Crippen LogP contribution in [0.5, 0.6) is 0 Å². The van der Waals surface area contributed by atoms with E-state index < -0.39 is 0 Å². The summed E-state index contributed by atoms with van der Waals surface area (Å²) in [5.41, 5.74) is 1.77. The lowest BCUT2D eigenvalue weighted by Crippen LogP contribution is -2.14. The first-order valence-corrected chi connectivity index (χ1v) is 11.3. The predicted octanol–water partition coefficient (Wildman–Crippen LogP) is 4.00. The number of thiophene rings is 2. The minimum absolute atomic E-state index is 0.139. The molecule has 3 aromatic rings. The molecule has 6 nitrogen and oxygen atoms in total. The Labute approximate surface area is 169 Å². The fourth-order valence-corrected chi connectivity index (χ4v) is 5.65. The van der Waals surface area contributed by atoms with Crippen LogP contribution in [0.4, 0.5) is 5.00 Å². The number of carbonyl (C=O) groups excluding carboxylic acids is 1. The van der Waals surface area contributed by atoms with E-state index in [0.717, 1.165) is 37.1 Å². The number of aromatic amines is 1. The standard InChI is InChI=1S/C18H17N5OS3/c19-9-13-12-5-1-2-6-14(12)27-17(13)21-16(24)10-26-18-20-15(22-23-18)8-11-4-3-7-25-11/h3-4,7H,1-2,5-6,8,10H2,(H,21,24)(H,20,22,23). The maximum atomic E-state index is 12.3. The van der Waals surface area contributed by atoms with Crippen molar-refractivity contribution < 1.29 is 4.79 Å². The molecule has 0 fully saturated rings. The molecule has 3 heterocycles. The van der Waals surface area contributed by atoms with Crippen LogP contribution < -0.4 is 5.32 Å². The number of carbonyl (C=O) groups is 1. The van der Waals surface area contributed by atoms with Gasteiger partial charge in [0, 0.05) is 16.2 Å². The van der Waals surface area contributed by atoms with Crippen LogP contribution in [0.15, 0.2) is 22.7 Å². The summed E-state index contributed by atoms with van der Waals surface area (Å²) in [6.45, 7) is 0. The minimum atomic E-state index is -0.139. The lowest BCUT2D eigenvalue weighted by molar-refractivity contribution is -0.113. The monoisotopic (exact) mass is 415 g/mol. The number of H-pyrrole nitrogens is 1. The van der Waals surface area contributed by atoms with Crippen molar-refractivity contribution in [3.8, 4) is 6.07 Å². The number of nitrogens with zero attached hydrogens (tertiary/aromatic N) is 3. The Morgan fingerprint density at radius 3 is 3.11 bits per heavy atom. The van der Waals surface area contributed by atoms with Crippen molar-refractivity contribution >= 4 is 45.3 Å². The number of anilines is 1. The van der Waals surface area contributed by atoms with Gasteiger partial charge in [-0.3, -0.25) is 9.89 Å². The molecular weight excluding hydrogens is 398 g/mol. The fraction of sp³-hybridized carbons (Fsp3) is 0.333. The van der Waals surface area contributed by atoms with Crippen molar-refractivity contribution in [3.05, 3.63) is 44.2 Å². The third-order valence-corrected chi connectivity index (χ3v) is 7.23. The number of nitriles is 1. The first kappa shape index (κ1) is 18.2. The van der Waals surface area contributed by atoms with Crippen molar-refractivity contribution in [1.29, 1.82) is 5.26 Å². The van der Waals surface area contributed by atoms with Crippen molar-refractivity contribution in [2.45, 2.75) is 37.3 Å². The van der Waals surface area contributed by atoms with E-state index in [1.54, 1.807) is 22.7 Å². The summed E-state index contributed by atoms with van der Waals surface area (Å²) in [4.78, 5) is 19.2. The highest BCUT2D eigenvalue weighted by molar-refractivity contribution is 7.99. The van der Waals surface area contributed by atoms with E-state index in [9.17, 15) is 10.1 Å². The van der Waals surface area contributed by atoms with Crippen molar-refractivity contribution in [2.75, 3.05) is 11.1 Å². The number of hydrogen-bond acceptors (Lipinski definition) is 7. The lowest BCUT2D eigenvalue weighted by Gasteiger charge is -2.09. The van der Waals surface area contributed by atoms with Gasteiger partial charge in [0.25, 0.3) is 0 Å². The van der Waals surface area contributed by atoms with Crippen LogP contribution >= 0.6 is 34.4 Å². The largest absolute Gasteiger partial charge is 0.316 e. The number of rotatable bonds is 6. The number of thioether (sulfide) groups is 1. The van der Waals surface area contributed by atoms with E-state index in [2.05, 4.69) is 32.6 Å². The molecule has 0 bridgehead atoms. The Morgan fingerprint density at radius 2 is 2.30 bits per heavy atom. The van der Waals surface area contributed by atoms with Crippen LogP contribution in [0.2, 0.25) is 0 Å². The lowest BCUT2D eigenvalue weighted by atomic mass is 9.96. The van der Waals surface area contributed by atoms with Gasteiger partial charge >= 0.3 is 0 Å². The zero-order valence-electron chi connectivity index (χ0n) is 14.4. The SMILES string of the molecule is N#Cc1c(NC(=O)CSc2n[nH]c(Cc3cccs3)n2)sc2c1CCCC2. The Balaban J connectivity index is 1.35. The number of fused-ring (bicyclic) bond motifs is 1. The first-order valence-electron chi connectivity index (χ1n) is 8.64. The van der Waals surface area contributed by atoms with Crippen LogP contribution in [0.25, 0.3) is 0 Å². The summed E-state index contributed by atoms with van der Waals surface area (Å²) < 4.78 is 0. The summed E-state index contributed by atoms with van der Waals surface area (Å²) in [6, 6.07) is 6.33. The Kier molecular flexibility index (Phi) is 5.57. The molecule has 0 saturated heterocycles. The molecular formula is C18H17N5OS3. The highest BCUT2D eigenvalue weighted by Gasteiger charge is 2.21. The van der Waals surface area contributed by atoms with Gasteiger partial charge in [-0.25, -0.2) is 4.98 Å². The van der Waals surface area contributed by atoms with Crippen molar-refractivity contribution in [3.63, 3.8) is 0 Å². The molecule has 2 N–H and O–H groups in total.